The van der Waals surface area contributed by atoms with Crippen LogP contribution in [-0.2, 0) is 78.3 Å². The summed E-state index contributed by atoms with van der Waals surface area (Å²) in [6.07, 6.45) is -2.09. The fourth-order valence-electron chi connectivity index (χ4n) is 9.59. The summed E-state index contributed by atoms with van der Waals surface area (Å²) in [5, 5.41) is 74.9. The zero-order chi connectivity index (χ0) is 79.2. The number of thiol groups is 1. The van der Waals surface area contributed by atoms with Gasteiger partial charge in [0.15, 0.2) is 5.96 Å². The number of nitrogens with two attached hydrogens (primary N) is 4. The molecule has 39 heteroatoms. The third-order valence-electron chi connectivity index (χ3n) is 16.1. The SMILES string of the molecule is CCC(C)C(NC(=O)CNC(=O)C(CC(C)C)NC(=O)C(C)NC(=O)C(C)NC(=O)C(NC(=O)C(NC(=O)C(Cc1ccccc1)NC(=O)C(CS)NC(=O)C(N)C(C)C)C(C)O)C(C)O)C(=O)NC(CO)C(=O)NC(C)C(=O)NCC(=O)NC(CCCN=C(N)N)C(=O)NC(CCCCN)C(=O)O. The number of nitrogens with one attached hydrogen (secondary N) is 14. The lowest BCUT2D eigenvalue weighted by atomic mass is 9.98. The van der Waals surface area contributed by atoms with E-state index >= 15 is 0 Å². The van der Waals surface area contributed by atoms with Crippen molar-refractivity contribution < 1.29 is 92.3 Å². The highest BCUT2D eigenvalue weighted by Crippen LogP contribution is 2.12. The van der Waals surface area contributed by atoms with E-state index in [0.717, 1.165) is 13.8 Å². The molecule has 0 spiro atoms. The van der Waals surface area contributed by atoms with Gasteiger partial charge in [0.25, 0.3) is 0 Å². The molecule has 16 atom stereocenters. The first-order chi connectivity index (χ1) is 48.7. The maximum Gasteiger partial charge on any atom is 0.326 e. The number of guanidine groups is 1. The third-order valence-corrected chi connectivity index (χ3v) is 16.5. The van der Waals surface area contributed by atoms with Gasteiger partial charge in [-0.3, -0.25) is 72.1 Å². The van der Waals surface area contributed by atoms with Crippen molar-refractivity contribution in [2.45, 2.75) is 218 Å². The van der Waals surface area contributed by atoms with Crippen molar-refractivity contribution in [1.82, 2.24) is 74.4 Å². The van der Waals surface area contributed by atoms with Crippen LogP contribution in [0.25, 0.3) is 0 Å². The van der Waals surface area contributed by atoms with E-state index < -0.39 is 205 Å². The van der Waals surface area contributed by atoms with Crippen LogP contribution < -0.4 is 97.4 Å². The number of benzene rings is 1. The smallest absolute Gasteiger partial charge is 0.326 e. The number of aliphatic hydroxyl groups is 3. The van der Waals surface area contributed by atoms with Crippen LogP contribution in [0.1, 0.15) is 127 Å². The largest absolute Gasteiger partial charge is 0.480 e. The van der Waals surface area contributed by atoms with Crippen molar-refractivity contribution in [3.8, 4) is 0 Å². The minimum atomic E-state index is -1.83. The number of aliphatic imine (C=N–C) groups is 1. The van der Waals surface area contributed by atoms with Crippen LogP contribution in [-0.4, -0.2) is 244 Å². The van der Waals surface area contributed by atoms with Crippen molar-refractivity contribution in [1.29, 1.82) is 0 Å². The van der Waals surface area contributed by atoms with Crippen LogP contribution in [0.4, 0.5) is 0 Å². The first kappa shape index (κ1) is 92.7. The highest BCUT2D eigenvalue weighted by Gasteiger charge is 2.38. The lowest BCUT2D eigenvalue weighted by Crippen LogP contribution is -2.63. The number of unbranched alkanes of at least 4 members (excludes halogenated alkanes) is 1. The second-order valence-corrected chi connectivity index (χ2v) is 26.3. The summed E-state index contributed by atoms with van der Waals surface area (Å²) < 4.78 is 0. The molecule has 0 heterocycles. The number of hydrogen-bond donors (Lipinski definition) is 23. The molecule has 38 nitrogen and oxygen atoms in total. The van der Waals surface area contributed by atoms with Gasteiger partial charge >= 0.3 is 5.97 Å². The fourth-order valence-corrected chi connectivity index (χ4v) is 9.85. The van der Waals surface area contributed by atoms with Gasteiger partial charge in [0, 0.05) is 18.7 Å². The third kappa shape index (κ3) is 34.3. The number of carbonyl (C=O) groups excluding carboxylic acids is 14. The molecule has 0 bridgehead atoms. The number of carboxylic acids is 1. The molecule has 0 aromatic heterocycles. The average molecular weight is 1490 g/mol. The van der Waals surface area contributed by atoms with E-state index in [4.69, 9.17) is 22.9 Å². The zero-order valence-corrected chi connectivity index (χ0v) is 61.7. The molecule has 1 aromatic rings. The van der Waals surface area contributed by atoms with Gasteiger partial charge in [-0.1, -0.05) is 78.3 Å². The van der Waals surface area contributed by atoms with Crippen molar-refractivity contribution in [3.63, 3.8) is 0 Å². The molecule has 0 saturated carbocycles. The molecule has 16 unspecified atom stereocenters. The Hall–Kier alpha value is -9.31. The number of amides is 14. The number of aliphatic carboxylic acids is 1. The number of hydrogen-bond acceptors (Lipinski definition) is 22. The molecule has 14 amide bonds. The van der Waals surface area contributed by atoms with Gasteiger partial charge < -0.3 is 118 Å². The molecular formula is C65H111N19O19S. The predicted octanol–water partition coefficient (Wildman–Crippen LogP) is -7.63. The van der Waals surface area contributed by atoms with Gasteiger partial charge in [0.05, 0.1) is 37.9 Å². The summed E-state index contributed by atoms with van der Waals surface area (Å²) in [5.41, 5.74) is 22.8. The van der Waals surface area contributed by atoms with Crippen molar-refractivity contribution in [2.24, 2.45) is 45.7 Å². The van der Waals surface area contributed by atoms with E-state index in [1.807, 2.05) is 0 Å². The molecule has 104 heavy (non-hydrogen) atoms. The number of carboxylic acid groups (broad SMARTS) is 1. The molecule has 0 saturated heterocycles. The maximum atomic E-state index is 14.0. The van der Waals surface area contributed by atoms with Gasteiger partial charge in [-0.2, -0.15) is 12.6 Å². The molecule has 586 valence electrons. The molecule has 1 rings (SSSR count). The van der Waals surface area contributed by atoms with E-state index in [1.54, 1.807) is 71.9 Å². The van der Waals surface area contributed by atoms with Crippen molar-refractivity contribution in [3.05, 3.63) is 35.9 Å². The lowest BCUT2D eigenvalue weighted by Gasteiger charge is -2.29. The highest BCUT2D eigenvalue weighted by atomic mass is 32.1. The molecule has 1 aromatic carbocycles. The second kappa shape index (κ2) is 47.9. The normalized spacial score (nSPS) is 15.8. The van der Waals surface area contributed by atoms with Gasteiger partial charge in [0.1, 0.15) is 72.5 Å². The number of carbonyl (C=O) groups is 15. The minimum absolute atomic E-state index is 0.00645. The topological polar surface area (TPSA) is 622 Å². The Bertz CT molecular complexity index is 3070. The Morgan fingerprint density at radius 2 is 0.923 bits per heavy atom. The Kier molecular flexibility index (Phi) is 42.7. The number of rotatable bonds is 48. The summed E-state index contributed by atoms with van der Waals surface area (Å²) in [7, 11) is 0. The summed E-state index contributed by atoms with van der Waals surface area (Å²) in [6.45, 7) is 14.0. The molecule has 0 fully saturated rings. The monoisotopic (exact) mass is 1490 g/mol. The standard InChI is InChI=1S/C65H111N19O19S/c1-12-33(6)49(61(99)80-44(29-85)58(96)74-34(7)52(90)71-27-46(88)76-40(22-18-24-70-65(68)69)56(94)77-41(64(102)103)21-16-17-23-66)82-47(89)28-72-55(93)42(25-31(2)3)78-54(92)36(9)73-53(91)35(8)75-62(100)50(37(10)86)84-63(101)51(38(11)87)83-57(95)43(26-39-19-14-13-15-20-39)79-59(97)45(30-104)81-60(98)48(67)32(4)5/h13-15,19-20,31-38,40-45,48-51,85-87,104H,12,16-18,21-30,66-67H2,1-11H3,(H,71,90)(H,72,93)(H,73,91)(H,74,96)(H,75,100)(H,76,88)(H,77,94)(H,78,92)(H,79,97)(H,80,99)(H,81,98)(H,82,89)(H,83,95)(H,84,101)(H,102,103)(H4,68,69,70). The Morgan fingerprint density at radius 3 is 1.44 bits per heavy atom. The summed E-state index contributed by atoms with van der Waals surface area (Å²) in [4.78, 5) is 204. The molecule has 0 radical (unpaired) electrons. The predicted molar refractivity (Wildman–Crippen MR) is 383 cm³/mol. The molecule has 26 N–H and O–H groups in total. The van der Waals surface area contributed by atoms with E-state index in [-0.39, 0.29) is 68.6 Å². The first-order valence-corrected chi connectivity index (χ1v) is 34.9. The number of aliphatic hydroxyl groups excluding tert-OH is 3. The van der Waals surface area contributed by atoms with Crippen LogP contribution in [0.2, 0.25) is 0 Å². The zero-order valence-electron chi connectivity index (χ0n) is 60.8. The van der Waals surface area contributed by atoms with Gasteiger partial charge in [-0.15, -0.1) is 0 Å². The maximum absolute atomic E-state index is 14.0. The second-order valence-electron chi connectivity index (χ2n) is 26.0. The molecule has 0 aliphatic carbocycles. The summed E-state index contributed by atoms with van der Waals surface area (Å²) in [6, 6.07) is -10.1. The van der Waals surface area contributed by atoms with Crippen LogP contribution in [0.15, 0.2) is 35.3 Å². The van der Waals surface area contributed by atoms with E-state index in [9.17, 15) is 92.3 Å². The van der Waals surface area contributed by atoms with E-state index in [0.29, 0.717) is 24.9 Å². The van der Waals surface area contributed by atoms with Crippen LogP contribution in [0.3, 0.4) is 0 Å². The molecular weight excluding hydrogens is 1380 g/mol. The summed E-state index contributed by atoms with van der Waals surface area (Å²) in [5.74, 6) is -15.9. The van der Waals surface area contributed by atoms with Gasteiger partial charge in [-0.25, -0.2) is 4.79 Å². The minimum Gasteiger partial charge on any atom is -0.480 e. The Balaban J connectivity index is 3.06. The van der Waals surface area contributed by atoms with Gasteiger partial charge in [0.2, 0.25) is 82.7 Å². The van der Waals surface area contributed by atoms with Gasteiger partial charge in [-0.05, 0) is 103 Å². The fraction of sp³-hybridized carbons (Fsp3) is 0.662. The van der Waals surface area contributed by atoms with Crippen molar-refractivity contribution >= 4 is 107 Å². The van der Waals surface area contributed by atoms with Crippen LogP contribution in [0, 0.1) is 17.8 Å². The highest BCUT2D eigenvalue weighted by molar-refractivity contribution is 7.80. The summed E-state index contributed by atoms with van der Waals surface area (Å²) >= 11 is 4.19. The van der Waals surface area contributed by atoms with Crippen molar-refractivity contribution in [2.75, 3.05) is 38.5 Å². The number of nitrogens with zero attached hydrogens (tertiary/aromatic N) is 1. The Morgan fingerprint density at radius 1 is 0.481 bits per heavy atom. The van der Waals surface area contributed by atoms with Crippen LogP contribution >= 0.6 is 12.6 Å². The Labute approximate surface area is 610 Å². The van der Waals surface area contributed by atoms with E-state index in [2.05, 4.69) is 92.1 Å². The molecule has 0 aliphatic heterocycles. The van der Waals surface area contributed by atoms with E-state index in [1.165, 1.54) is 20.8 Å². The average Bonchev–Trinajstić information content (AvgIpc) is 0.818. The quantitative estimate of drug-likeness (QED) is 0.0125. The van der Waals surface area contributed by atoms with Crippen LogP contribution in [0.5, 0.6) is 0 Å². The first-order valence-electron chi connectivity index (χ1n) is 34.3. The lowest BCUT2D eigenvalue weighted by molar-refractivity contribution is -0.142. The molecule has 0 aliphatic rings.